The molecule has 1 aromatic carbocycles. The SMILES string of the molecule is N#CCCn1cc(C=Cc2ccncn2)c(-c2ccccc2)n1. The molecule has 112 valence electrons. The lowest BCUT2D eigenvalue weighted by molar-refractivity contribution is 0.629. The monoisotopic (exact) mass is 301 g/mol. The van der Waals surface area contributed by atoms with Gasteiger partial charge in [0.05, 0.1) is 30.4 Å². The molecule has 0 saturated carbocycles. The quantitative estimate of drug-likeness (QED) is 0.724. The number of rotatable bonds is 5. The highest BCUT2D eigenvalue weighted by molar-refractivity contribution is 5.77. The molecule has 23 heavy (non-hydrogen) atoms. The number of aryl methyl sites for hydroxylation is 1. The second-order valence-corrected chi connectivity index (χ2v) is 4.94. The molecule has 0 spiro atoms. The van der Waals surface area contributed by atoms with E-state index in [0.717, 1.165) is 22.5 Å². The maximum absolute atomic E-state index is 8.75. The number of nitriles is 1. The van der Waals surface area contributed by atoms with Crippen LogP contribution in [0.3, 0.4) is 0 Å². The van der Waals surface area contributed by atoms with E-state index in [0.29, 0.717) is 13.0 Å². The second kappa shape index (κ2) is 7.14. The van der Waals surface area contributed by atoms with Crippen LogP contribution >= 0.6 is 0 Å². The van der Waals surface area contributed by atoms with Gasteiger partial charge in [-0.15, -0.1) is 0 Å². The molecule has 0 aliphatic rings. The lowest BCUT2D eigenvalue weighted by Crippen LogP contribution is -1.97. The van der Waals surface area contributed by atoms with Gasteiger partial charge in [0.2, 0.25) is 0 Å². The van der Waals surface area contributed by atoms with E-state index in [9.17, 15) is 0 Å². The molecule has 0 unspecified atom stereocenters. The van der Waals surface area contributed by atoms with Crippen LogP contribution in [0.25, 0.3) is 23.4 Å². The zero-order valence-corrected chi connectivity index (χ0v) is 12.5. The summed E-state index contributed by atoms with van der Waals surface area (Å²) in [5, 5.41) is 13.4. The van der Waals surface area contributed by atoms with Crippen molar-refractivity contribution in [3.05, 3.63) is 66.4 Å². The van der Waals surface area contributed by atoms with Gasteiger partial charge in [-0.3, -0.25) is 4.68 Å². The first-order valence-corrected chi connectivity index (χ1v) is 7.31. The fraction of sp³-hybridized carbons (Fsp3) is 0.111. The molecule has 0 bridgehead atoms. The van der Waals surface area contributed by atoms with Crippen molar-refractivity contribution in [2.75, 3.05) is 0 Å². The van der Waals surface area contributed by atoms with E-state index < -0.39 is 0 Å². The fourth-order valence-electron chi connectivity index (χ4n) is 2.23. The smallest absolute Gasteiger partial charge is 0.115 e. The molecule has 3 rings (SSSR count). The van der Waals surface area contributed by atoms with E-state index in [1.54, 1.807) is 6.20 Å². The Morgan fingerprint density at radius 1 is 1.13 bits per heavy atom. The van der Waals surface area contributed by atoms with E-state index in [1.807, 2.05) is 59.4 Å². The Morgan fingerprint density at radius 3 is 2.74 bits per heavy atom. The van der Waals surface area contributed by atoms with Crippen molar-refractivity contribution in [1.29, 1.82) is 5.26 Å². The molecule has 0 radical (unpaired) electrons. The normalized spacial score (nSPS) is 10.7. The molecular weight excluding hydrogens is 286 g/mol. The van der Waals surface area contributed by atoms with Gasteiger partial charge >= 0.3 is 0 Å². The lowest BCUT2D eigenvalue weighted by Gasteiger charge is -1.98. The van der Waals surface area contributed by atoms with E-state index in [-0.39, 0.29) is 0 Å². The number of benzene rings is 1. The third-order valence-corrected chi connectivity index (χ3v) is 3.33. The molecule has 0 amide bonds. The summed E-state index contributed by atoms with van der Waals surface area (Å²) in [7, 11) is 0. The van der Waals surface area contributed by atoms with Gasteiger partial charge in [-0.05, 0) is 18.2 Å². The topological polar surface area (TPSA) is 67.4 Å². The number of hydrogen-bond acceptors (Lipinski definition) is 4. The van der Waals surface area contributed by atoms with E-state index >= 15 is 0 Å². The van der Waals surface area contributed by atoms with Gasteiger partial charge in [-0.1, -0.05) is 30.3 Å². The summed E-state index contributed by atoms with van der Waals surface area (Å²) in [4.78, 5) is 8.10. The largest absolute Gasteiger partial charge is 0.270 e. The Hall–Kier alpha value is -3.26. The minimum absolute atomic E-state index is 0.435. The van der Waals surface area contributed by atoms with Crippen LogP contribution in [-0.2, 0) is 6.54 Å². The third kappa shape index (κ3) is 3.69. The van der Waals surface area contributed by atoms with Crippen molar-refractivity contribution in [2.24, 2.45) is 0 Å². The van der Waals surface area contributed by atoms with E-state index in [4.69, 9.17) is 5.26 Å². The highest BCUT2D eigenvalue weighted by atomic mass is 15.3. The average Bonchev–Trinajstić information content (AvgIpc) is 3.03. The van der Waals surface area contributed by atoms with Crippen molar-refractivity contribution in [1.82, 2.24) is 19.7 Å². The van der Waals surface area contributed by atoms with Gasteiger partial charge in [-0.25, -0.2) is 9.97 Å². The maximum atomic E-state index is 8.75. The number of nitrogens with zero attached hydrogens (tertiary/aromatic N) is 5. The molecule has 2 aromatic heterocycles. The van der Waals surface area contributed by atoms with Crippen LogP contribution in [0.4, 0.5) is 0 Å². The molecule has 0 saturated heterocycles. The Morgan fingerprint density at radius 2 is 2.00 bits per heavy atom. The molecule has 0 N–H and O–H groups in total. The Balaban J connectivity index is 1.95. The van der Waals surface area contributed by atoms with Crippen molar-refractivity contribution in [3.63, 3.8) is 0 Å². The van der Waals surface area contributed by atoms with Gasteiger partial charge in [-0.2, -0.15) is 10.4 Å². The summed E-state index contributed by atoms with van der Waals surface area (Å²) in [5.41, 5.74) is 3.77. The summed E-state index contributed by atoms with van der Waals surface area (Å²) < 4.78 is 1.81. The average molecular weight is 301 g/mol. The van der Waals surface area contributed by atoms with Crippen LogP contribution in [-0.4, -0.2) is 19.7 Å². The molecule has 5 nitrogen and oxygen atoms in total. The second-order valence-electron chi connectivity index (χ2n) is 4.94. The highest BCUT2D eigenvalue weighted by Crippen LogP contribution is 2.23. The standard InChI is InChI=1S/C18H15N5/c19-10-4-12-23-13-16(7-8-17-9-11-20-14-21-17)18(22-23)15-5-2-1-3-6-15/h1-3,5-9,11,13-14H,4,12H2. The highest BCUT2D eigenvalue weighted by Gasteiger charge is 2.08. The van der Waals surface area contributed by atoms with Crippen LogP contribution in [0.2, 0.25) is 0 Å². The first-order chi connectivity index (χ1) is 11.4. The molecule has 2 heterocycles. The summed E-state index contributed by atoms with van der Waals surface area (Å²) in [6.45, 7) is 0.581. The van der Waals surface area contributed by atoms with Crippen LogP contribution < -0.4 is 0 Å². The number of hydrogen-bond donors (Lipinski definition) is 0. The van der Waals surface area contributed by atoms with Gasteiger partial charge in [0.1, 0.15) is 6.33 Å². The zero-order valence-electron chi connectivity index (χ0n) is 12.5. The van der Waals surface area contributed by atoms with E-state index in [1.165, 1.54) is 6.33 Å². The Bertz CT molecular complexity index is 829. The summed E-state index contributed by atoms with van der Waals surface area (Å²) >= 11 is 0. The fourth-order valence-corrected chi connectivity index (χ4v) is 2.23. The van der Waals surface area contributed by atoms with Crippen LogP contribution in [0.1, 0.15) is 17.7 Å². The molecule has 0 aliphatic carbocycles. The lowest BCUT2D eigenvalue weighted by atomic mass is 10.1. The summed E-state index contributed by atoms with van der Waals surface area (Å²) in [6.07, 6.45) is 9.54. The minimum atomic E-state index is 0.435. The van der Waals surface area contributed by atoms with Gasteiger partial charge < -0.3 is 0 Å². The Kier molecular flexibility index (Phi) is 4.55. The molecule has 5 heteroatoms. The predicted molar refractivity (Wildman–Crippen MR) is 88.9 cm³/mol. The maximum Gasteiger partial charge on any atom is 0.115 e. The molecule has 0 fully saturated rings. The van der Waals surface area contributed by atoms with Crippen LogP contribution in [0.5, 0.6) is 0 Å². The van der Waals surface area contributed by atoms with Crippen molar-refractivity contribution < 1.29 is 0 Å². The number of aromatic nitrogens is 4. The van der Waals surface area contributed by atoms with Gasteiger partial charge in [0.15, 0.2) is 0 Å². The van der Waals surface area contributed by atoms with Gasteiger partial charge in [0, 0.05) is 23.5 Å². The van der Waals surface area contributed by atoms with Gasteiger partial charge in [0.25, 0.3) is 0 Å². The third-order valence-electron chi connectivity index (χ3n) is 3.33. The molecule has 0 atom stereocenters. The first kappa shape index (κ1) is 14.7. The van der Waals surface area contributed by atoms with Crippen molar-refractivity contribution in [3.8, 4) is 17.3 Å². The summed E-state index contributed by atoms with van der Waals surface area (Å²) in [5.74, 6) is 0. The Labute approximate surface area is 134 Å². The van der Waals surface area contributed by atoms with Crippen LogP contribution in [0, 0.1) is 11.3 Å². The van der Waals surface area contributed by atoms with Crippen molar-refractivity contribution >= 4 is 12.2 Å². The molecular formula is C18H15N5. The first-order valence-electron chi connectivity index (χ1n) is 7.31. The minimum Gasteiger partial charge on any atom is -0.270 e. The zero-order chi connectivity index (χ0) is 15.9. The van der Waals surface area contributed by atoms with Crippen LogP contribution in [0.15, 0.2) is 55.1 Å². The van der Waals surface area contributed by atoms with E-state index in [2.05, 4.69) is 21.1 Å². The molecule has 0 aliphatic heterocycles. The summed E-state index contributed by atoms with van der Waals surface area (Å²) in [6, 6.07) is 14.0. The van der Waals surface area contributed by atoms with Crippen molar-refractivity contribution in [2.45, 2.75) is 13.0 Å². The molecule has 3 aromatic rings. The predicted octanol–water partition coefficient (Wildman–Crippen LogP) is 3.42.